The lowest BCUT2D eigenvalue weighted by Crippen LogP contribution is -2.25. The number of benzene rings is 2. The van der Waals surface area contributed by atoms with Gasteiger partial charge in [0.25, 0.3) is 5.91 Å². The van der Waals surface area contributed by atoms with Crippen LogP contribution >= 0.6 is 0 Å². The molecule has 1 amide bonds. The lowest BCUT2D eigenvalue weighted by Gasteiger charge is -2.12. The summed E-state index contributed by atoms with van der Waals surface area (Å²) in [6.45, 7) is 3.77. The summed E-state index contributed by atoms with van der Waals surface area (Å²) in [5.74, 6) is 1.60. The topological polar surface area (TPSA) is 69.0 Å². The minimum atomic E-state index is -0.140. The molecule has 4 rings (SSSR count). The number of rotatable bonds is 8. The standard InChI is InChI=1S/C24H24N4O2/c1-18-7-2-5-10-22(18)30-16-6-15-28-21-9-4-3-8-20(21)27-23(28)17-26-24(29)19-11-13-25-14-12-19/h2-5,7-14H,6,15-17H2,1H3,(H,26,29). The molecule has 0 saturated carbocycles. The molecule has 0 aliphatic rings. The lowest BCUT2D eigenvalue weighted by atomic mass is 10.2. The summed E-state index contributed by atoms with van der Waals surface area (Å²) < 4.78 is 8.09. The quantitative estimate of drug-likeness (QED) is 0.451. The molecule has 0 saturated heterocycles. The average Bonchev–Trinajstić information content (AvgIpc) is 3.14. The molecular formula is C24H24N4O2. The minimum Gasteiger partial charge on any atom is -0.493 e. The number of amides is 1. The first-order chi connectivity index (χ1) is 14.7. The van der Waals surface area contributed by atoms with Crippen molar-refractivity contribution < 1.29 is 9.53 Å². The van der Waals surface area contributed by atoms with Crippen LogP contribution in [-0.4, -0.2) is 27.0 Å². The number of aromatic nitrogens is 3. The van der Waals surface area contributed by atoms with Crippen LogP contribution in [0, 0.1) is 6.92 Å². The third kappa shape index (κ3) is 4.49. The van der Waals surface area contributed by atoms with E-state index in [-0.39, 0.29) is 5.91 Å². The Labute approximate surface area is 175 Å². The van der Waals surface area contributed by atoms with Gasteiger partial charge in [-0.3, -0.25) is 9.78 Å². The summed E-state index contributed by atoms with van der Waals surface area (Å²) in [5, 5.41) is 2.96. The van der Waals surface area contributed by atoms with Crippen molar-refractivity contribution >= 4 is 16.9 Å². The Bertz CT molecular complexity index is 1140. The number of hydrogen-bond acceptors (Lipinski definition) is 4. The van der Waals surface area contributed by atoms with E-state index in [0.717, 1.165) is 41.1 Å². The maximum absolute atomic E-state index is 12.4. The van der Waals surface area contributed by atoms with Crippen LogP contribution in [-0.2, 0) is 13.1 Å². The average molecular weight is 400 g/mol. The van der Waals surface area contributed by atoms with Crippen molar-refractivity contribution in [1.82, 2.24) is 19.9 Å². The first kappa shape index (κ1) is 19.6. The van der Waals surface area contributed by atoms with Gasteiger partial charge in [-0.15, -0.1) is 0 Å². The smallest absolute Gasteiger partial charge is 0.251 e. The highest BCUT2D eigenvalue weighted by Crippen LogP contribution is 2.19. The number of nitrogens with zero attached hydrogens (tertiary/aromatic N) is 3. The zero-order valence-corrected chi connectivity index (χ0v) is 16.9. The van der Waals surface area contributed by atoms with Crippen molar-refractivity contribution in [2.24, 2.45) is 0 Å². The predicted molar refractivity (Wildman–Crippen MR) is 116 cm³/mol. The molecule has 0 bridgehead atoms. The van der Waals surface area contributed by atoms with E-state index in [2.05, 4.69) is 20.9 Å². The molecule has 0 spiro atoms. The van der Waals surface area contributed by atoms with Crippen molar-refractivity contribution in [3.8, 4) is 5.75 Å². The molecule has 0 radical (unpaired) electrons. The molecule has 0 aliphatic carbocycles. The van der Waals surface area contributed by atoms with Crippen LogP contribution in [0.2, 0.25) is 0 Å². The molecule has 0 aliphatic heterocycles. The van der Waals surface area contributed by atoms with Gasteiger partial charge in [-0.05, 0) is 49.2 Å². The van der Waals surface area contributed by atoms with Gasteiger partial charge in [-0.25, -0.2) is 4.98 Å². The number of aryl methyl sites for hydroxylation is 2. The van der Waals surface area contributed by atoms with E-state index >= 15 is 0 Å². The first-order valence-corrected chi connectivity index (χ1v) is 10.0. The van der Waals surface area contributed by atoms with E-state index in [1.807, 2.05) is 49.4 Å². The van der Waals surface area contributed by atoms with Gasteiger partial charge in [-0.2, -0.15) is 0 Å². The monoisotopic (exact) mass is 400 g/mol. The Balaban J connectivity index is 1.43. The van der Waals surface area contributed by atoms with Crippen LogP contribution in [0.25, 0.3) is 11.0 Å². The van der Waals surface area contributed by atoms with Crippen molar-refractivity contribution in [2.45, 2.75) is 26.4 Å². The molecule has 2 aromatic carbocycles. The molecule has 1 N–H and O–H groups in total. The van der Waals surface area contributed by atoms with Crippen LogP contribution in [0.4, 0.5) is 0 Å². The zero-order valence-electron chi connectivity index (χ0n) is 16.9. The first-order valence-electron chi connectivity index (χ1n) is 10.0. The van der Waals surface area contributed by atoms with Crippen molar-refractivity contribution in [1.29, 1.82) is 0 Å². The van der Waals surface area contributed by atoms with Crippen molar-refractivity contribution in [3.05, 3.63) is 90.0 Å². The highest BCUT2D eigenvalue weighted by molar-refractivity contribution is 5.93. The molecule has 2 heterocycles. The van der Waals surface area contributed by atoms with Crippen LogP contribution in [0.1, 0.15) is 28.2 Å². The second kappa shape index (κ2) is 9.22. The summed E-state index contributed by atoms with van der Waals surface area (Å²) in [6, 6.07) is 19.4. The summed E-state index contributed by atoms with van der Waals surface area (Å²) in [4.78, 5) is 21.1. The minimum absolute atomic E-state index is 0.140. The number of hydrogen-bond donors (Lipinski definition) is 1. The zero-order chi connectivity index (χ0) is 20.8. The summed E-state index contributed by atoms with van der Waals surface area (Å²) in [6.07, 6.45) is 4.05. The Kier molecular flexibility index (Phi) is 6.03. The van der Waals surface area contributed by atoms with E-state index in [1.54, 1.807) is 24.5 Å². The largest absolute Gasteiger partial charge is 0.493 e. The van der Waals surface area contributed by atoms with Gasteiger partial charge in [0.2, 0.25) is 0 Å². The number of carbonyl (C=O) groups excluding carboxylic acids is 1. The van der Waals surface area contributed by atoms with E-state index < -0.39 is 0 Å². The number of carbonyl (C=O) groups is 1. The second-order valence-corrected chi connectivity index (χ2v) is 7.05. The van der Waals surface area contributed by atoms with Crippen LogP contribution < -0.4 is 10.1 Å². The van der Waals surface area contributed by atoms with E-state index in [9.17, 15) is 4.79 Å². The number of ether oxygens (including phenoxy) is 1. The molecule has 0 fully saturated rings. The number of para-hydroxylation sites is 3. The number of pyridine rings is 1. The van der Waals surface area contributed by atoms with Gasteiger partial charge in [-0.1, -0.05) is 30.3 Å². The van der Waals surface area contributed by atoms with Gasteiger partial charge < -0.3 is 14.6 Å². The fourth-order valence-corrected chi connectivity index (χ4v) is 3.40. The predicted octanol–water partition coefficient (Wildman–Crippen LogP) is 4.14. The van der Waals surface area contributed by atoms with Gasteiger partial charge in [0.15, 0.2) is 0 Å². The molecule has 4 aromatic rings. The summed E-state index contributed by atoms with van der Waals surface area (Å²) in [7, 11) is 0. The SMILES string of the molecule is Cc1ccccc1OCCCn1c(CNC(=O)c2ccncc2)nc2ccccc21. The molecule has 6 nitrogen and oxygen atoms in total. The molecule has 6 heteroatoms. The molecule has 2 aromatic heterocycles. The second-order valence-electron chi connectivity index (χ2n) is 7.05. The fraction of sp³-hybridized carbons (Fsp3) is 0.208. The summed E-state index contributed by atoms with van der Waals surface area (Å²) in [5.41, 5.74) is 3.69. The van der Waals surface area contributed by atoms with E-state index in [0.29, 0.717) is 18.7 Å². The maximum atomic E-state index is 12.4. The lowest BCUT2D eigenvalue weighted by molar-refractivity contribution is 0.0949. The van der Waals surface area contributed by atoms with Gasteiger partial charge in [0, 0.05) is 24.5 Å². The van der Waals surface area contributed by atoms with Crippen molar-refractivity contribution in [2.75, 3.05) is 6.61 Å². The Morgan fingerprint density at radius 2 is 1.80 bits per heavy atom. The third-order valence-corrected chi connectivity index (χ3v) is 4.96. The van der Waals surface area contributed by atoms with Crippen LogP contribution in [0.3, 0.4) is 0 Å². The van der Waals surface area contributed by atoms with Gasteiger partial charge >= 0.3 is 0 Å². The molecule has 30 heavy (non-hydrogen) atoms. The highest BCUT2D eigenvalue weighted by Gasteiger charge is 2.12. The van der Waals surface area contributed by atoms with Crippen LogP contribution in [0.15, 0.2) is 73.1 Å². The number of fused-ring (bicyclic) bond motifs is 1. The van der Waals surface area contributed by atoms with Crippen molar-refractivity contribution in [3.63, 3.8) is 0 Å². The molecule has 0 unspecified atom stereocenters. The van der Waals surface area contributed by atoms with Crippen LogP contribution in [0.5, 0.6) is 5.75 Å². The Morgan fingerprint density at radius 1 is 1.03 bits per heavy atom. The molecule has 0 atom stereocenters. The Morgan fingerprint density at radius 3 is 2.63 bits per heavy atom. The van der Waals surface area contributed by atoms with Gasteiger partial charge in [0.1, 0.15) is 11.6 Å². The van der Waals surface area contributed by atoms with Gasteiger partial charge in [0.05, 0.1) is 24.2 Å². The normalized spacial score (nSPS) is 10.8. The number of imidazole rings is 1. The third-order valence-electron chi connectivity index (χ3n) is 4.96. The highest BCUT2D eigenvalue weighted by atomic mass is 16.5. The van der Waals surface area contributed by atoms with E-state index in [4.69, 9.17) is 9.72 Å². The molecular weight excluding hydrogens is 376 g/mol. The molecule has 152 valence electrons. The summed E-state index contributed by atoms with van der Waals surface area (Å²) >= 11 is 0. The fourth-order valence-electron chi connectivity index (χ4n) is 3.40. The number of nitrogens with one attached hydrogen (secondary N) is 1. The Hall–Kier alpha value is -3.67. The maximum Gasteiger partial charge on any atom is 0.251 e. The van der Waals surface area contributed by atoms with E-state index in [1.165, 1.54) is 0 Å².